The van der Waals surface area contributed by atoms with Crippen LogP contribution in [0, 0.1) is 16.0 Å². The number of nitro groups is 1. The smallest absolute Gasteiger partial charge is 0.293 e. The van der Waals surface area contributed by atoms with Crippen molar-refractivity contribution >= 4 is 23.0 Å². The third-order valence-electron chi connectivity index (χ3n) is 6.64. The van der Waals surface area contributed by atoms with Gasteiger partial charge in [-0.15, -0.1) is 0 Å². The summed E-state index contributed by atoms with van der Waals surface area (Å²) in [5.41, 5.74) is 3.08. The fraction of sp³-hybridized carbons (Fsp3) is 0.480. The van der Waals surface area contributed by atoms with Gasteiger partial charge in [0.1, 0.15) is 5.69 Å². The summed E-state index contributed by atoms with van der Waals surface area (Å²) in [6.45, 7) is 7.24. The van der Waals surface area contributed by atoms with Crippen LogP contribution in [0.25, 0.3) is 0 Å². The number of nitro benzene ring substituents is 1. The van der Waals surface area contributed by atoms with Crippen molar-refractivity contribution in [3.63, 3.8) is 0 Å². The Bertz CT molecular complexity index is 998. The molecule has 4 rings (SSSR count). The van der Waals surface area contributed by atoms with E-state index in [4.69, 9.17) is 4.74 Å². The first-order valence-corrected chi connectivity index (χ1v) is 11.6. The minimum Gasteiger partial charge on any atom is -0.378 e. The largest absolute Gasteiger partial charge is 0.378 e. The van der Waals surface area contributed by atoms with Crippen molar-refractivity contribution in [3.8, 4) is 0 Å². The molecule has 2 aliphatic heterocycles. The van der Waals surface area contributed by atoms with Gasteiger partial charge in [-0.3, -0.25) is 14.9 Å². The van der Waals surface area contributed by atoms with Crippen molar-refractivity contribution in [2.24, 2.45) is 5.92 Å². The van der Waals surface area contributed by atoms with Crippen molar-refractivity contribution < 1.29 is 14.5 Å². The fourth-order valence-corrected chi connectivity index (χ4v) is 4.62. The van der Waals surface area contributed by atoms with Gasteiger partial charge >= 0.3 is 0 Å². The number of nitrogens with zero attached hydrogens (tertiary/aromatic N) is 4. The monoisotopic (exact) mass is 452 g/mol. The first kappa shape index (κ1) is 23.0. The van der Waals surface area contributed by atoms with E-state index in [9.17, 15) is 14.9 Å². The Morgan fingerprint density at radius 1 is 1.06 bits per heavy atom. The molecule has 2 aromatic rings. The van der Waals surface area contributed by atoms with E-state index in [-0.39, 0.29) is 16.5 Å². The number of hydrogen-bond donors (Lipinski definition) is 0. The molecule has 0 unspecified atom stereocenters. The Labute approximate surface area is 194 Å². The molecule has 176 valence electrons. The van der Waals surface area contributed by atoms with E-state index >= 15 is 0 Å². The van der Waals surface area contributed by atoms with Crippen LogP contribution in [0.15, 0.2) is 42.5 Å². The van der Waals surface area contributed by atoms with E-state index in [0.29, 0.717) is 36.9 Å². The summed E-state index contributed by atoms with van der Waals surface area (Å²) in [5.74, 6) is 0.406. The summed E-state index contributed by atoms with van der Waals surface area (Å²) in [4.78, 5) is 30.6. The number of ether oxygens (including phenoxy) is 1. The lowest BCUT2D eigenvalue weighted by Gasteiger charge is -2.32. The van der Waals surface area contributed by atoms with Crippen molar-refractivity contribution in [1.29, 1.82) is 0 Å². The quantitative estimate of drug-likeness (QED) is 0.488. The number of amides is 1. The van der Waals surface area contributed by atoms with Gasteiger partial charge in [0.05, 0.1) is 18.1 Å². The molecule has 0 saturated carbocycles. The van der Waals surface area contributed by atoms with Gasteiger partial charge in [0.15, 0.2) is 0 Å². The molecule has 0 aliphatic carbocycles. The molecule has 0 radical (unpaired) electrons. The van der Waals surface area contributed by atoms with Crippen LogP contribution in [0.3, 0.4) is 0 Å². The lowest BCUT2D eigenvalue weighted by molar-refractivity contribution is -0.384. The topological polar surface area (TPSA) is 79.2 Å². The van der Waals surface area contributed by atoms with Gasteiger partial charge in [0.25, 0.3) is 11.6 Å². The van der Waals surface area contributed by atoms with Gasteiger partial charge in [-0.2, -0.15) is 0 Å². The average molecular weight is 453 g/mol. The highest BCUT2D eigenvalue weighted by Gasteiger charge is 2.26. The minimum atomic E-state index is -0.377. The summed E-state index contributed by atoms with van der Waals surface area (Å²) in [5, 5.41) is 11.8. The van der Waals surface area contributed by atoms with Crippen LogP contribution in [0.2, 0.25) is 0 Å². The molecule has 0 spiro atoms. The number of carbonyl (C=O) groups excluding carboxylic acids is 1. The standard InChI is InChI=1S/C25H32N4O4/c1-19-9-11-27(12-10-19)23-8-7-20(17-24(23)29(31)32)25(30)26(2)18-21-5-3-4-6-22(21)28-13-15-33-16-14-28/h3-8,17,19H,9-16,18H2,1-2H3. The minimum absolute atomic E-state index is 0.00230. The molecular weight excluding hydrogens is 420 g/mol. The van der Waals surface area contributed by atoms with E-state index < -0.39 is 0 Å². The number of hydrogen-bond acceptors (Lipinski definition) is 6. The van der Waals surface area contributed by atoms with E-state index in [1.807, 2.05) is 18.2 Å². The highest BCUT2D eigenvalue weighted by Crippen LogP contribution is 2.33. The van der Waals surface area contributed by atoms with Crippen LogP contribution in [-0.4, -0.2) is 62.2 Å². The summed E-state index contributed by atoms with van der Waals surface area (Å²) < 4.78 is 5.46. The molecule has 8 heteroatoms. The summed E-state index contributed by atoms with van der Waals surface area (Å²) >= 11 is 0. The van der Waals surface area contributed by atoms with Crippen LogP contribution in [0.5, 0.6) is 0 Å². The molecule has 0 atom stereocenters. The molecule has 0 N–H and O–H groups in total. The second-order valence-electron chi connectivity index (χ2n) is 9.02. The van der Waals surface area contributed by atoms with Crippen LogP contribution in [0.4, 0.5) is 17.1 Å². The molecule has 1 amide bonds. The predicted molar refractivity (Wildman–Crippen MR) is 129 cm³/mol. The van der Waals surface area contributed by atoms with Crippen molar-refractivity contribution in [2.75, 3.05) is 56.2 Å². The number of piperidine rings is 1. The van der Waals surface area contributed by atoms with Crippen LogP contribution in [0.1, 0.15) is 35.7 Å². The maximum absolute atomic E-state index is 13.2. The highest BCUT2D eigenvalue weighted by atomic mass is 16.6. The Morgan fingerprint density at radius 3 is 2.42 bits per heavy atom. The molecule has 0 aromatic heterocycles. The normalized spacial score (nSPS) is 17.2. The average Bonchev–Trinajstić information content (AvgIpc) is 2.84. The number of para-hydroxylation sites is 1. The summed E-state index contributed by atoms with van der Waals surface area (Å²) in [6.07, 6.45) is 2.03. The molecule has 33 heavy (non-hydrogen) atoms. The first-order valence-electron chi connectivity index (χ1n) is 11.6. The second-order valence-corrected chi connectivity index (χ2v) is 9.02. The van der Waals surface area contributed by atoms with Gasteiger partial charge in [-0.25, -0.2) is 0 Å². The molecule has 2 heterocycles. The maximum atomic E-state index is 13.2. The van der Waals surface area contributed by atoms with E-state index in [1.54, 1.807) is 24.1 Å². The Hall–Kier alpha value is -3.13. The molecule has 8 nitrogen and oxygen atoms in total. The Kier molecular flexibility index (Phi) is 7.13. The number of morpholine rings is 1. The van der Waals surface area contributed by atoms with Crippen LogP contribution in [-0.2, 0) is 11.3 Å². The summed E-state index contributed by atoms with van der Waals surface area (Å²) in [7, 11) is 1.74. The molecular formula is C25H32N4O4. The fourth-order valence-electron chi connectivity index (χ4n) is 4.62. The van der Waals surface area contributed by atoms with Gasteiger partial charge < -0.3 is 19.4 Å². The van der Waals surface area contributed by atoms with Gasteiger partial charge in [0, 0.05) is 57.1 Å². The van der Waals surface area contributed by atoms with Crippen molar-refractivity contribution in [3.05, 3.63) is 63.7 Å². The van der Waals surface area contributed by atoms with E-state index in [2.05, 4.69) is 22.8 Å². The highest BCUT2D eigenvalue weighted by molar-refractivity contribution is 5.95. The number of benzene rings is 2. The van der Waals surface area contributed by atoms with E-state index in [0.717, 1.165) is 50.3 Å². The SMILES string of the molecule is CC1CCN(c2ccc(C(=O)N(C)Cc3ccccc3N3CCOCC3)cc2[N+](=O)[O-])CC1. The lowest BCUT2D eigenvalue weighted by Crippen LogP contribution is -2.37. The zero-order valence-corrected chi connectivity index (χ0v) is 19.4. The molecule has 2 aliphatic rings. The second kappa shape index (κ2) is 10.2. The van der Waals surface area contributed by atoms with Gasteiger partial charge in [-0.05, 0) is 42.5 Å². The molecule has 2 saturated heterocycles. The first-order chi connectivity index (χ1) is 15.9. The Balaban J connectivity index is 1.52. The molecule has 2 aromatic carbocycles. The zero-order valence-electron chi connectivity index (χ0n) is 19.4. The van der Waals surface area contributed by atoms with Crippen LogP contribution < -0.4 is 9.80 Å². The lowest BCUT2D eigenvalue weighted by atomic mass is 9.98. The summed E-state index contributed by atoms with van der Waals surface area (Å²) in [6, 6.07) is 12.9. The predicted octanol–water partition coefficient (Wildman–Crippen LogP) is 3.94. The third-order valence-corrected chi connectivity index (χ3v) is 6.64. The van der Waals surface area contributed by atoms with Gasteiger partial charge in [0.2, 0.25) is 0 Å². The van der Waals surface area contributed by atoms with Crippen molar-refractivity contribution in [1.82, 2.24) is 4.90 Å². The number of rotatable bonds is 6. The Morgan fingerprint density at radius 2 is 1.73 bits per heavy atom. The molecule has 2 fully saturated rings. The van der Waals surface area contributed by atoms with Crippen LogP contribution >= 0.6 is 0 Å². The van der Waals surface area contributed by atoms with Gasteiger partial charge in [-0.1, -0.05) is 25.1 Å². The van der Waals surface area contributed by atoms with E-state index in [1.165, 1.54) is 6.07 Å². The molecule has 0 bridgehead atoms. The maximum Gasteiger partial charge on any atom is 0.293 e. The van der Waals surface area contributed by atoms with Crippen molar-refractivity contribution in [2.45, 2.75) is 26.3 Å². The third kappa shape index (κ3) is 5.27. The number of anilines is 2. The number of carbonyl (C=O) groups is 1. The zero-order chi connectivity index (χ0) is 23.4.